The minimum Gasteiger partial charge on any atom is -0.408 e. The van der Waals surface area contributed by atoms with Crippen molar-refractivity contribution >= 4 is 8.41 Å². The molecule has 0 aliphatic heterocycles. The number of benzene rings is 4. The summed E-state index contributed by atoms with van der Waals surface area (Å²) >= 11 is 0. The number of hydrogen-bond acceptors (Lipinski definition) is 2. The third kappa shape index (κ3) is 11.3. The van der Waals surface area contributed by atoms with Gasteiger partial charge in [-0.3, -0.25) is 22.1 Å². The van der Waals surface area contributed by atoms with E-state index in [2.05, 4.69) is 46.4 Å². The Morgan fingerprint density at radius 1 is 0.548 bits per heavy atom. The maximum Gasteiger partial charge on any atom is 3.00 e. The van der Waals surface area contributed by atoms with Crippen LogP contribution in [0.1, 0.15) is 0 Å². The Hall–Kier alpha value is -1.97. The molecule has 4 aromatic carbocycles. The molecule has 6 rings (SSSR count). The van der Waals surface area contributed by atoms with Gasteiger partial charge in [-0.25, -0.2) is 42.0 Å². The molecule has 0 unspecified atom stereocenters. The minimum atomic E-state index is -0.278. The SMILES string of the molecule is Fc1c[c-]c(-c2ccccn2)cc1.[B].[CH3-].[Ir].[Y+3].[Y].[c-]1ccc(-c2[c-]c(-c3ccccn3)[c-]cc2)[c-]c1-c1[c-]cccc1. The van der Waals surface area contributed by atoms with Crippen molar-refractivity contribution in [2.24, 2.45) is 0 Å². The van der Waals surface area contributed by atoms with Gasteiger partial charge in [0.05, 0.1) is 0 Å². The molecule has 0 fully saturated rings. The monoisotopic (exact) mass is 871 g/mol. The summed E-state index contributed by atoms with van der Waals surface area (Å²) in [4.78, 5) is 8.49. The van der Waals surface area contributed by atoms with Crippen LogP contribution in [0.25, 0.3) is 44.8 Å². The summed E-state index contributed by atoms with van der Waals surface area (Å²) in [7, 11) is 0. The topological polar surface area (TPSA) is 25.8 Å². The van der Waals surface area contributed by atoms with Crippen molar-refractivity contribution in [1.29, 1.82) is 0 Å². The molecule has 2 nitrogen and oxygen atoms in total. The van der Waals surface area contributed by atoms with Gasteiger partial charge in [-0.05, 0) is 17.8 Å². The van der Waals surface area contributed by atoms with Crippen LogP contribution in [0.4, 0.5) is 4.39 Å². The molecule has 6 aromatic rings. The van der Waals surface area contributed by atoms with Crippen LogP contribution < -0.4 is 0 Å². The third-order valence-corrected chi connectivity index (χ3v) is 5.38. The first-order valence-corrected chi connectivity index (χ1v) is 11.6. The summed E-state index contributed by atoms with van der Waals surface area (Å²) in [6.07, 6.45) is 3.48. The molecule has 2 heterocycles. The first-order chi connectivity index (χ1) is 18.3. The molecule has 0 aliphatic carbocycles. The molecule has 42 heavy (non-hydrogen) atoms. The Bertz CT molecular complexity index is 1490. The van der Waals surface area contributed by atoms with E-state index in [9.17, 15) is 4.39 Å². The minimum absolute atomic E-state index is 0. The van der Waals surface area contributed by atoms with Gasteiger partial charge in [0.25, 0.3) is 0 Å². The molecule has 0 spiro atoms. The van der Waals surface area contributed by atoms with Gasteiger partial charge in [-0.1, -0.05) is 23.9 Å². The summed E-state index contributed by atoms with van der Waals surface area (Å²) in [6, 6.07) is 50.6. The van der Waals surface area contributed by atoms with Crippen LogP contribution in [0.15, 0.2) is 116 Å². The van der Waals surface area contributed by atoms with E-state index < -0.39 is 0 Å². The van der Waals surface area contributed by atoms with E-state index in [0.29, 0.717) is 0 Å². The van der Waals surface area contributed by atoms with Crippen molar-refractivity contribution < 1.29 is 89.9 Å². The van der Waals surface area contributed by atoms with Gasteiger partial charge in [0.15, 0.2) is 0 Å². The van der Waals surface area contributed by atoms with Gasteiger partial charge in [0.1, 0.15) is 0 Å². The van der Waals surface area contributed by atoms with Crippen molar-refractivity contribution in [1.82, 2.24) is 9.97 Å². The summed E-state index contributed by atoms with van der Waals surface area (Å²) in [6.45, 7) is 0. The van der Waals surface area contributed by atoms with E-state index in [0.717, 1.165) is 44.8 Å². The fraction of sp³-hybridized carbons (Fsp3) is 0. The summed E-state index contributed by atoms with van der Waals surface area (Å²) in [5, 5.41) is 0. The molecule has 7 heteroatoms. The van der Waals surface area contributed by atoms with Crippen LogP contribution >= 0.6 is 0 Å². The fourth-order valence-electron chi connectivity index (χ4n) is 3.59. The Kier molecular flexibility index (Phi) is 19.9. The molecule has 0 bridgehead atoms. The fourth-order valence-corrected chi connectivity index (χ4v) is 3.59. The van der Waals surface area contributed by atoms with Crippen LogP contribution in [0.5, 0.6) is 0 Å². The predicted octanol–water partition coefficient (Wildman–Crippen LogP) is 7.83. The predicted molar refractivity (Wildman–Crippen MR) is 155 cm³/mol. The molecule has 5 radical (unpaired) electrons. The van der Waals surface area contributed by atoms with Gasteiger partial charge in [0, 0.05) is 79.4 Å². The normalized spacial score (nSPS) is 9.07. The Balaban J connectivity index is 0.000000813. The number of pyridine rings is 2. The zero-order valence-corrected chi connectivity index (χ0v) is 30.9. The Labute approximate surface area is 314 Å². The van der Waals surface area contributed by atoms with Gasteiger partial charge >= 0.3 is 32.7 Å². The number of halogens is 1. The standard InChI is InChI=1S/C23H12N.C11H7FN.CH3.B.Ir.2Y/c1-2-8-18(9-3-1)19-10-6-11-20(16-19)21-12-7-13-22(17-21)23-14-4-5-15-24-23;12-10-6-4-9(5-7-10)11-3-1-2-8-13-11;;;;;/h1-8,11-12,14-15H;1-4,6-8H;1H3;;;;/q-5;2*-1;;;;+3. The van der Waals surface area contributed by atoms with Crippen molar-refractivity contribution in [3.63, 3.8) is 0 Å². The zero-order chi connectivity index (χ0) is 25.3. The maximum atomic E-state index is 12.6. The maximum absolute atomic E-state index is 12.6. The van der Waals surface area contributed by atoms with Crippen LogP contribution in [0.2, 0.25) is 0 Å². The second-order valence-electron chi connectivity index (χ2n) is 7.91. The van der Waals surface area contributed by atoms with Crippen molar-refractivity contribution in [2.75, 3.05) is 0 Å². The van der Waals surface area contributed by atoms with E-state index >= 15 is 0 Å². The van der Waals surface area contributed by atoms with Gasteiger partial charge in [-0.15, -0.1) is 42.0 Å². The first-order valence-electron chi connectivity index (χ1n) is 11.6. The van der Waals surface area contributed by atoms with E-state index in [1.807, 2.05) is 84.9 Å². The molecule has 0 N–H and O–H groups in total. The van der Waals surface area contributed by atoms with Crippen LogP contribution in [-0.2, 0) is 85.5 Å². The molecular formula is C35H22BFIrN2Y2-4. The van der Waals surface area contributed by atoms with Gasteiger partial charge < -0.3 is 46.2 Å². The molecule has 0 saturated carbocycles. The summed E-state index contributed by atoms with van der Waals surface area (Å²) in [5.74, 6) is -0.278. The average Bonchev–Trinajstić information content (AvgIpc) is 2.99. The summed E-state index contributed by atoms with van der Waals surface area (Å²) < 4.78 is 12.6. The molecule has 0 amide bonds. The summed E-state index contributed by atoms with van der Waals surface area (Å²) in [5.41, 5.74) is 7.12. The van der Waals surface area contributed by atoms with Crippen molar-refractivity contribution in [3.8, 4) is 44.8 Å². The van der Waals surface area contributed by atoms with Crippen LogP contribution in [-0.4, -0.2) is 18.4 Å². The zero-order valence-electron chi connectivity index (χ0n) is 22.8. The number of hydrogen-bond donors (Lipinski definition) is 0. The van der Waals surface area contributed by atoms with E-state index in [1.165, 1.54) is 12.1 Å². The molecular weight excluding hydrogens is 848 g/mol. The van der Waals surface area contributed by atoms with Crippen molar-refractivity contribution in [3.05, 3.63) is 165 Å². The van der Waals surface area contributed by atoms with E-state index in [-0.39, 0.29) is 107 Å². The quantitative estimate of drug-likeness (QED) is 0.134. The average molecular weight is 870 g/mol. The smallest absolute Gasteiger partial charge is 0.408 e. The van der Waals surface area contributed by atoms with Crippen molar-refractivity contribution in [2.45, 2.75) is 0 Å². The molecule has 2 aromatic heterocycles. The molecule has 0 atom stereocenters. The number of nitrogens with zero attached hydrogens (tertiary/aromatic N) is 2. The second-order valence-corrected chi connectivity index (χ2v) is 7.91. The largest absolute Gasteiger partial charge is 3.00 e. The molecule has 0 aliphatic rings. The Morgan fingerprint density at radius 2 is 1.14 bits per heavy atom. The van der Waals surface area contributed by atoms with Gasteiger partial charge in [0.2, 0.25) is 0 Å². The van der Waals surface area contributed by atoms with Gasteiger partial charge in [-0.2, -0.15) is 12.1 Å². The Morgan fingerprint density at radius 3 is 1.69 bits per heavy atom. The second kappa shape index (κ2) is 20.9. The van der Waals surface area contributed by atoms with E-state index in [1.54, 1.807) is 18.5 Å². The number of aromatic nitrogens is 2. The molecule has 201 valence electrons. The number of rotatable bonds is 4. The van der Waals surface area contributed by atoms with Crippen LogP contribution in [0.3, 0.4) is 0 Å². The third-order valence-electron chi connectivity index (χ3n) is 5.38. The van der Waals surface area contributed by atoms with E-state index in [4.69, 9.17) is 0 Å². The molecule has 0 saturated heterocycles. The first kappa shape index (κ1) is 40.0. The van der Waals surface area contributed by atoms with Crippen LogP contribution in [0, 0.1) is 49.6 Å².